The van der Waals surface area contributed by atoms with E-state index in [0.29, 0.717) is 6.42 Å². The van der Waals surface area contributed by atoms with Gasteiger partial charge in [0.1, 0.15) is 6.17 Å². The van der Waals surface area contributed by atoms with Crippen LogP contribution >= 0.6 is 0 Å². The predicted octanol–water partition coefficient (Wildman–Crippen LogP) is 5.42. The second-order valence-electron chi connectivity index (χ2n) is 8.20. The molecule has 0 fully saturated rings. The molecule has 3 unspecified atom stereocenters. The van der Waals surface area contributed by atoms with Gasteiger partial charge in [-0.05, 0) is 72.4 Å². The summed E-state index contributed by atoms with van der Waals surface area (Å²) in [7, 11) is 0. The van der Waals surface area contributed by atoms with E-state index in [1.54, 1.807) is 0 Å². The number of nitrogens with zero attached hydrogens (tertiary/aromatic N) is 1. The number of halogens is 1. The zero-order valence-corrected chi connectivity index (χ0v) is 17.8. The van der Waals surface area contributed by atoms with Crippen molar-refractivity contribution in [2.45, 2.75) is 60.1 Å². The lowest BCUT2D eigenvalue weighted by Crippen LogP contribution is -2.43. The molecule has 0 amide bonds. The van der Waals surface area contributed by atoms with Crippen molar-refractivity contribution in [1.82, 2.24) is 4.98 Å². The zero-order valence-electron chi connectivity index (χ0n) is 17.8. The Kier molecular flexibility index (Phi) is 6.17. The largest absolute Gasteiger partial charge is 0.257 e. The number of aromatic nitrogens is 1. The Morgan fingerprint density at radius 3 is 2.61 bits per heavy atom. The van der Waals surface area contributed by atoms with E-state index in [-0.39, 0.29) is 5.92 Å². The van der Waals surface area contributed by atoms with Crippen LogP contribution in [0.2, 0.25) is 0 Å². The van der Waals surface area contributed by atoms with Gasteiger partial charge in [-0.3, -0.25) is 4.98 Å². The van der Waals surface area contributed by atoms with Crippen molar-refractivity contribution in [2.24, 2.45) is 11.3 Å². The molecular weight excluding hydrogens is 345 g/mol. The van der Waals surface area contributed by atoms with Crippen molar-refractivity contribution < 1.29 is 4.39 Å². The molecule has 28 heavy (non-hydrogen) atoms. The Hall–Kier alpha value is -2.22. The first-order valence-electron chi connectivity index (χ1n) is 10.5. The molecule has 0 bridgehead atoms. The molecule has 1 aliphatic carbocycles. The van der Waals surface area contributed by atoms with Crippen molar-refractivity contribution in [1.29, 1.82) is 0 Å². The highest BCUT2D eigenvalue weighted by molar-refractivity contribution is 5.69. The highest BCUT2D eigenvalue weighted by atomic mass is 19.1. The quantitative estimate of drug-likeness (QED) is 0.613. The van der Waals surface area contributed by atoms with Gasteiger partial charge in [0.05, 0.1) is 5.69 Å². The number of alkyl halides is 1. The monoisotopic (exact) mass is 377 g/mol. The van der Waals surface area contributed by atoms with Crippen LogP contribution in [0.5, 0.6) is 0 Å². The number of benzene rings is 1. The first-order chi connectivity index (χ1) is 13.4. The van der Waals surface area contributed by atoms with E-state index in [1.165, 1.54) is 27.1 Å². The van der Waals surface area contributed by atoms with E-state index < -0.39 is 11.6 Å². The van der Waals surface area contributed by atoms with Crippen LogP contribution in [-0.4, -0.2) is 11.2 Å². The lowest BCUT2D eigenvalue weighted by atomic mass is 9.65. The summed E-state index contributed by atoms with van der Waals surface area (Å²) in [6, 6.07) is 10.6. The molecule has 0 saturated heterocycles. The van der Waals surface area contributed by atoms with Gasteiger partial charge in [0, 0.05) is 17.5 Å². The predicted molar refractivity (Wildman–Crippen MR) is 117 cm³/mol. The minimum absolute atomic E-state index is 0.0507. The lowest BCUT2D eigenvalue weighted by molar-refractivity contribution is 0.128. The van der Waals surface area contributed by atoms with Crippen LogP contribution in [0.4, 0.5) is 4.39 Å². The van der Waals surface area contributed by atoms with Gasteiger partial charge in [-0.25, -0.2) is 4.39 Å². The fourth-order valence-electron chi connectivity index (χ4n) is 4.45. The zero-order chi connectivity index (χ0) is 20.3. The third-order valence-electron chi connectivity index (χ3n) is 6.32. The molecule has 0 aliphatic heterocycles. The Labute approximate surface area is 168 Å². The number of allylic oxidation sites excluding steroid dienone is 2. The van der Waals surface area contributed by atoms with Gasteiger partial charge < -0.3 is 0 Å². The maximum Gasteiger partial charge on any atom is 0.109 e. The molecule has 0 spiro atoms. The van der Waals surface area contributed by atoms with E-state index in [0.717, 1.165) is 18.5 Å². The molecule has 0 saturated carbocycles. The van der Waals surface area contributed by atoms with Crippen LogP contribution in [-0.2, 0) is 0 Å². The summed E-state index contributed by atoms with van der Waals surface area (Å²) >= 11 is 0. The van der Waals surface area contributed by atoms with E-state index in [2.05, 4.69) is 69.1 Å². The molecule has 1 aliphatic rings. The summed E-state index contributed by atoms with van der Waals surface area (Å²) in [5.74, 6) is 0.0507. The summed E-state index contributed by atoms with van der Waals surface area (Å²) in [4.78, 5) is 4.69. The summed E-state index contributed by atoms with van der Waals surface area (Å²) in [5.41, 5.74) is 4.13. The molecule has 1 heterocycles. The van der Waals surface area contributed by atoms with Gasteiger partial charge in [0.15, 0.2) is 0 Å². The van der Waals surface area contributed by atoms with E-state index >= 15 is 4.39 Å². The highest BCUT2D eigenvalue weighted by Crippen LogP contribution is 2.45. The molecule has 2 heteroatoms. The third-order valence-corrected chi connectivity index (χ3v) is 6.32. The highest BCUT2D eigenvalue weighted by Gasteiger charge is 2.42. The van der Waals surface area contributed by atoms with Crippen LogP contribution < -0.4 is 10.4 Å². The van der Waals surface area contributed by atoms with Gasteiger partial charge in [-0.2, -0.15) is 0 Å². The number of hydrogen-bond donors (Lipinski definition) is 0. The normalized spacial score (nSPS) is 19.8. The molecule has 3 rings (SSSR count). The van der Waals surface area contributed by atoms with Crippen LogP contribution in [0.1, 0.15) is 56.9 Å². The number of rotatable bonds is 6. The standard InChI is InChI=1S/C26H32FN/c1-6-8-14-26(5,24(27)7-2)22-13-12-20-16-18(3)19(4)17-21(20)25(22)23-11-9-10-15-28-23/h8-12,14-17,22,24H,6-7,13H2,1-5H3. The van der Waals surface area contributed by atoms with Crippen molar-refractivity contribution in [3.05, 3.63) is 75.9 Å². The SMILES string of the molecule is CCC=CC(C)(C(F)CC)C1CC=c2cc(C)c(C)cc2=C1c1ccccn1. The molecule has 1 aromatic heterocycles. The summed E-state index contributed by atoms with van der Waals surface area (Å²) in [6.07, 6.45) is 9.71. The Balaban J connectivity index is 2.34. The smallest absolute Gasteiger partial charge is 0.109 e. The average Bonchev–Trinajstić information content (AvgIpc) is 2.72. The van der Waals surface area contributed by atoms with E-state index in [1.807, 2.05) is 25.3 Å². The second kappa shape index (κ2) is 8.43. The van der Waals surface area contributed by atoms with Gasteiger partial charge in [-0.15, -0.1) is 0 Å². The fourth-order valence-corrected chi connectivity index (χ4v) is 4.45. The number of aryl methyl sites for hydroxylation is 2. The first-order valence-corrected chi connectivity index (χ1v) is 10.5. The molecule has 0 radical (unpaired) electrons. The van der Waals surface area contributed by atoms with E-state index in [9.17, 15) is 0 Å². The third kappa shape index (κ3) is 3.70. The molecule has 1 nitrogen and oxygen atoms in total. The minimum atomic E-state index is -0.902. The summed E-state index contributed by atoms with van der Waals surface area (Å²) in [6.45, 7) is 10.4. The molecule has 3 atom stereocenters. The maximum atomic E-state index is 15.4. The van der Waals surface area contributed by atoms with Crippen LogP contribution in [0.15, 0.2) is 48.7 Å². The second-order valence-corrected chi connectivity index (χ2v) is 8.20. The Morgan fingerprint density at radius 2 is 1.96 bits per heavy atom. The van der Waals surface area contributed by atoms with E-state index in [4.69, 9.17) is 0 Å². The Morgan fingerprint density at radius 1 is 1.21 bits per heavy atom. The van der Waals surface area contributed by atoms with Crippen LogP contribution in [0.25, 0.3) is 11.6 Å². The number of hydrogen-bond acceptors (Lipinski definition) is 1. The molecule has 148 valence electrons. The fraction of sp³-hybridized carbons (Fsp3) is 0.423. The Bertz CT molecular complexity index is 973. The lowest BCUT2D eigenvalue weighted by Gasteiger charge is -2.40. The van der Waals surface area contributed by atoms with Crippen molar-refractivity contribution in [3.63, 3.8) is 0 Å². The van der Waals surface area contributed by atoms with Gasteiger partial charge in [0.2, 0.25) is 0 Å². The first kappa shape index (κ1) is 20.5. The molecule has 2 aromatic rings. The average molecular weight is 378 g/mol. The van der Waals surface area contributed by atoms with Crippen LogP contribution in [0.3, 0.4) is 0 Å². The summed E-state index contributed by atoms with van der Waals surface area (Å²) < 4.78 is 15.4. The summed E-state index contributed by atoms with van der Waals surface area (Å²) in [5, 5.41) is 2.45. The molecular formula is C26H32FN. The topological polar surface area (TPSA) is 12.9 Å². The van der Waals surface area contributed by atoms with Crippen molar-refractivity contribution in [2.75, 3.05) is 0 Å². The number of fused-ring (bicyclic) bond motifs is 1. The number of pyridine rings is 1. The van der Waals surface area contributed by atoms with Gasteiger partial charge in [-0.1, -0.05) is 57.2 Å². The minimum Gasteiger partial charge on any atom is -0.257 e. The van der Waals surface area contributed by atoms with Crippen molar-refractivity contribution >= 4 is 11.6 Å². The van der Waals surface area contributed by atoms with Crippen LogP contribution in [0, 0.1) is 25.2 Å². The molecule has 1 aromatic carbocycles. The maximum absolute atomic E-state index is 15.4. The van der Waals surface area contributed by atoms with Gasteiger partial charge >= 0.3 is 0 Å². The molecule has 0 N–H and O–H groups in total. The van der Waals surface area contributed by atoms with Crippen molar-refractivity contribution in [3.8, 4) is 0 Å². The van der Waals surface area contributed by atoms with Gasteiger partial charge in [0.25, 0.3) is 0 Å².